The zero-order valence-electron chi connectivity index (χ0n) is 13.1. The van der Waals surface area contributed by atoms with Crippen LogP contribution in [-0.4, -0.2) is 54.9 Å². The number of benzene rings is 1. The smallest absolute Gasteiger partial charge is 0.260 e. The van der Waals surface area contributed by atoms with Crippen LogP contribution in [0.15, 0.2) is 18.2 Å². The first kappa shape index (κ1) is 17.1. The van der Waals surface area contributed by atoms with E-state index in [-0.39, 0.29) is 24.7 Å². The molecule has 0 aliphatic heterocycles. The van der Waals surface area contributed by atoms with E-state index in [1.807, 2.05) is 13.0 Å². The van der Waals surface area contributed by atoms with Crippen LogP contribution in [0.1, 0.15) is 18.4 Å². The fourth-order valence-electron chi connectivity index (χ4n) is 2.75. The molecular weight excluding hydrogens is 306 g/mol. The van der Waals surface area contributed by atoms with Crippen LogP contribution in [0, 0.1) is 6.92 Å². The van der Waals surface area contributed by atoms with Crippen LogP contribution in [0.5, 0.6) is 5.75 Å². The maximum Gasteiger partial charge on any atom is 0.260 e. The lowest BCUT2D eigenvalue weighted by Gasteiger charge is -2.28. The molecule has 1 aliphatic carbocycles. The van der Waals surface area contributed by atoms with E-state index in [1.165, 1.54) is 4.90 Å². The van der Waals surface area contributed by atoms with Gasteiger partial charge in [0.05, 0.1) is 17.2 Å². The van der Waals surface area contributed by atoms with Crippen LogP contribution < -0.4 is 4.74 Å². The summed E-state index contributed by atoms with van der Waals surface area (Å²) in [6.45, 7) is 1.82. The van der Waals surface area contributed by atoms with E-state index >= 15 is 0 Å². The average molecular weight is 328 g/mol. The summed E-state index contributed by atoms with van der Waals surface area (Å²) >= 11 is 6.04. The van der Waals surface area contributed by atoms with Gasteiger partial charge in [0.2, 0.25) is 0 Å². The van der Waals surface area contributed by atoms with Crippen molar-refractivity contribution < 1.29 is 19.4 Å². The highest BCUT2D eigenvalue weighted by Crippen LogP contribution is 2.27. The van der Waals surface area contributed by atoms with Crippen molar-refractivity contribution >= 4 is 17.5 Å². The molecule has 2 rings (SSSR count). The number of aryl methyl sites for hydroxylation is 1. The zero-order chi connectivity index (χ0) is 16.3. The van der Waals surface area contributed by atoms with E-state index < -0.39 is 6.10 Å². The second-order valence-corrected chi connectivity index (χ2v) is 6.04. The Hall–Kier alpha value is -1.30. The quantitative estimate of drug-likeness (QED) is 0.899. The van der Waals surface area contributed by atoms with Gasteiger partial charge in [0.25, 0.3) is 5.91 Å². The second kappa shape index (κ2) is 7.31. The molecular formula is C16H22ClNO4. The Kier molecular flexibility index (Phi) is 5.67. The van der Waals surface area contributed by atoms with Gasteiger partial charge in [-0.25, -0.2) is 0 Å². The van der Waals surface area contributed by atoms with Crippen molar-refractivity contribution in [3.8, 4) is 5.75 Å². The monoisotopic (exact) mass is 327 g/mol. The molecule has 1 aromatic rings. The Morgan fingerprint density at radius 2 is 2.18 bits per heavy atom. The Bertz CT molecular complexity index is 537. The van der Waals surface area contributed by atoms with E-state index in [4.69, 9.17) is 21.1 Å². The van der Waals surface area contributed by atoms with Gasteiger partial charge >= 0.3 is 0 Å². The van der Waals surface area contributed by atoms with E-state index in [9.17, 15) is 9.90 Å². The predicted octanol–water partition coefficient (Wildman–Crippen LogP) is 2.02. The molecule has 0 heterocycles. The number of aliphatic hydroxyl groups is 1. The molecule has 3 atom stereocenters. The number of hydrogen-bond donors (Lipinski definition) is 1. The first-order chi connectivity index (χ1) is 10.4. The van der Waals surface area contributed by atoms with Gasteiger partial charge in [-0.05, 0) is 37.5 Å². The summed E-state index contributed by atoms with van der Waals surface area (Å²) in [4.78, 5) is 13.8. The topological polar surface area (TPSA) is 59.0 Å². The number of hydrogen-bond acceptors (Lipinski definition) is 4. The molecule has 22 heavy (non-hydrogen) atoms. The summed E-state index contributed by atoms with van der Waals surface area (Å²) in [7, 11) is 3.25. The van der Waals surface area contributed by atoms with Crippen LogP contribution in [0.2, 0.25) is 5.02 Å². The molecule has 1 aromatic carbocycles. The van der Waals surface area contributed by atoms with Crippen LogP contribution in [0.25, 0.3) is 0 Å². The number of rotatable bonds is 5. The van der Waals surface area contributed by atoms with Crippen LogP contribution in [-0.2, 0) is 9.53 Å². The molecule has 6 heteroatoms. The molecule has 0 spiro atoms. The SMILES string of the molecule is CO[C@@H]1CC[C@@H](N(C)C(=O)COc2cc(C)ccc2Cl)[C@H]1O. The fourth-order valence-corrected chi connectivity index (χ4v) is 2.92. The van der Waals surface area contributed by atoms with Crippen molar-refractivity contribution in [2.24, 2.45) is 0 Å². The van der Waals surface area contributed by atoms with Gasteiger partial charge in [-0.15, -0.1) is 0 Å². The highest BCUT2D eigenvalue weighted by atomic mass is 35.5. The fraction of sp³-hybridized carbons (Fsp3) is 0.562. The van der Waals surface area contributed by atoms with Gasteiger partial charge in [0, 0.05) is 14.2 Å². The molecule has 0 bridgehead atoms. The number of amides is 1. The van der Waals surface area contributed by atoms with Crippen molar-refractivity contribution in [1.29, 1.82) is 0 Å². The summed E-state index contributed by atoms with van der Waals surface area (Å²) in [5.41, 5.74) is 1.01. The van der Waals surface area contributed by atoms with Crippen molar-refractivity contribution in [3.05, 3.63) is 28.8 Å². The largest absolute Gasteiger partial charge is 0.482 e. The Labute approximate surface area is 135 Å². The average Bonchev–Trinajstić information content (AvgIpc) is 2.87. The van der Waals surface area contributed by atoms with E-state index in [2.05, 4.69) is 0 Å². The Balaban J connectivity index is 1.93. The minimum Gasteiger partial charge on any atom is -0.482 e. The molecule has 1 fully saturated rings. The van der Waals surface area contributed by atoms with Gasteiger partial charge in [-0.3, -0.25) is 4.79 Å². The second-order valence-electron chi connectivity index (χ2n) is 5.64. The number of methoxy groups -OCH3 is 1. The standard InChI is InChI=1S/C16H22ClNO4/c1-10-4-5-11(17)14(8-10)22-9-15(19)18(2)12-6-7-13(21-3)16(12)20/h4-5,8,12-13,16,20H,6-7,9H2,1-3H3/t12-,13-,16-/m1/s1. The lowest BCUT2D eigenvalue weighted by Crippen LogP contribution is -2.46. The van der Waals surface area contributed by atoms with Gasteiger partial charge in [-0.2, -0.15) is 0 Å². The van der Waals surface area contributed by atoms with E-state index in [1.54, 1.807) is 26.3 Å². The number of nitrogens with zero attached hydrogens (tertiary/aromatic N) is 1. The lowest BCUT2D eigenvalue weighted by atomic mass is 10.2. The summed E-state index contributed by atoms with van der Waals surface area (Å²) in [6, 6.07) is 5.17. The normalized spacial score (nSPS) is 24.3. The van der Waals surface area contributed by atoms with Crippen LogP contribution in [0.3, 0.4) is 0 Å². The number of halogens is 1. The van der Waals surface area contributed by atoms with E-state index in [0.29, 0.717) is 17.2 Å². The third-order valence-electron chi connectivity index (χ3n) is 4.15. The maximum atomic E-state index is 12.2. The van der Waals surface area contributed by atoms with Crippen molar-refractivity contribution in [2.45, 2.75) is 38.0 Å². The minimum atomic E-state index is -0.665. The highest BCUT2D eigenvalue weighted by molar-refractivity contribution is 6.32. The Morgan fingerprint density at radius 3 is 2.82 bits per heavy atom. The number of carbonyl (C=O) groups excluding carboxylic acids is 1. The number of aliphatic hydroxyl groups excluding tert-OH is 1. The summed E-state index contributed by atoms with van der Waals surface area (Å²) in [5, 5.41) is 10.6. The molecule has 1 saturated carbocycles. The molecule has 0 saturated heterocycles. The number of ether oxygens (including phenoxy) is 2. The lowest BCUT2D eigenvalue weighted by molar-refractivity contribution is -0.136. The van der Waals surface area contributed by atoms with Gasteiger partial charge in [0.15, 0.2) is 6.61 Å². The Morgan fingerprint density at radius 1 is 1.45 bits per heavy atom. The van der Waals surface area contributed by atoms with Gasteiger partial charge < -0.3 is 19.5 Å². The molecule has 0 aromatic heterocycles. The van der Waals surface area contributed by atoms with Crippen molar-refractivity contribution in [3.63, 3.8) is 0 Å². The van der Waals surface area contributed by atoms with Crippen molar-refractivity contribution in [2.75, 3.05) is 20.8 Å². The first-order valence-corrected chi connectivity index (χ1v) is 7.67. The summed E-state index contributed by atoms with van der Waals surface area (Å²) in [5.74, 6) is 0.295. The summed E-state index contributed by atoms with van der Waals surface area (Å²) < 4.78 is 10.7. The molecule has 1 N–H and O–H groups in total. The van der Waals surface area contributed by atoms with E-state index in [0.717, 1.165) is 12.0 Å². The van der Waals surface area contributed by atoms with Crippen molar-refractivity contribution in [1.82, 2.24) is 4.90 Å². The van der Waals surface area contributed by atoms with Crippen LogP contribution >= 0.6 is 11.6 Å². The first-order valence-electron chi connectivity index (χ1n) is 7.29. The molecule has 1 amide bonds. The van der Waals surface area contributed by atoms with Gasteiger partial charge in [0.1, 0.15) is 11.9 Å². The molecule has 0 radical (unpaired) electrons. The third kappa shape index (κ3) is 3.72. The minimum absolute atomic E-state index is 0.111. The predicted molar refractivity (Wildman–Crippen MR) is 84.3 cm³/mol. The molecule has 1 aliphatic rings. The number of carbonyl (C=O) groups is 1. The molecule has 0 unspecified atom stereocenters. The van der Waals surface area contributed by atoms with Crippen LogP contribution in [0.4, 0.5) is 0 Å². The third-order valence-corrected chi connectivity index (χ3v) is 4.47. The zero-order valence-corrected chi connectivity index (χ0v) is 13.8. The molecule has 122 valence electrons. The number of likely N-dealkylation sites (N-methyl/N-ethyl adjacent to an activating group) is 1. The van der Waals surface area contributed by atoms with Gasteiger partial charge in [-0.1, -0.05) is 17.7 Å². The highest BCUT2D eigenvalue weighted by Gasteiger charge is 2.38. The maximum absolute atomic E-state index is 12.2. The summed E-state index contributed by atoms with van der Waals surface area (Å²) in [6.07, 6.45) is 0.575. The molecule has 5 nitrogen and oxygen atoms in total.